The van der Waals surface area contributed by atoms with Crippen LogP contribution in [0.5, 0.6) is 0 Å². The van der Waals surface area contributed by atoms with E-state index in [0.29, 0.717) is 37.2 Å². The number of nitrogens with zero attached hydrogens (tertiary/aromatic N) is 3. The minimum absolute atomic E-state index is 0.0131. The lowest BCUT2D eigenvalue weighted by Gasteiger charge is -2.21. The third-order valence-electron chi connectivity index (χ3n) is 7.73. The lowest BCUT2D eigenvalue weighted by molar-refractivity contribution is -0.137. The number of hydrogen-bond acceptors (Lipinski definition) is 5. The third-order valence-corrected chi connectivity index (χ3v) is 8.74. The number of sulfonamides is 1. The Kier molecular flexibility index (Phi) is 8.03. The van der Waals surface area contributed by atoms with Gasteiger partial charge in [-0.2, -0.15) is 18.3 Å². The number of hydrogen-bond donors (Lipinski definition) is 2. The molecule has 0 saturated carbocycles. The summed E-state index contributed by atoms with van der Waals surface area (Å²) in [5.74, 6) is 0.0962. The molecule has 2 aromatic carbocycles. The van der Waals surface area contributed by atoms with Crippen molar-refractivity contribution in [2.75, 3.05) is 32.7 Å². The molecule has 2 N–H and O–H groups in total. The highest BCUT2D eigenvalue weighted by atomic mass is 32.2. The highest BCUT2D eigenvalue weighted by molar-refractivity contribution is 7.92. The number of alkyl halides is 3. The fourth-order valence-corrected chi connectivity index (χ4v) is 6.07. The van der Waals surface area contributed by atoms with Gasteiger partial charge in [0, 0.05) is 41.9 Å². The van der Waals surface area contributed by atoms with Crippen molar-refractivity contribution >= 4 is 26.8 Å². The number of halogens is 3. The average molecular weight is 576 g/mol. The smallest absolute Gasteiger partial charge is 0.338 e. The Bertz CT molecular complexity index is 1500. The molecule has 0 spiro atoms. The fourth-order valence-electron chi connectivity index (χ4n) is 5.49. The number of likely N-dealkylation sites (tertiary alicyclic amines) is 1. The van der Waals surface area contributed by atoms with Crippen molar-refractivity contribution in [3.8, 4) is 0 Å². The largest absolute Gasteiger partial charge is 0.416 e. The third kappa shape index (κ3) is 6.24. The van der Waals surface area contributed by atoms with Crippen LogP contribution in [0.3, 0.4) is 0 Å². The molecule has 0 radical (unpaired) electrons. The highest BCUT2D eigenvalue weighted by Gasteiger charge is 2.31. The zero-order valence-corrected chi connectivity index (χ0v) is 22.8. The molecular formula is C28H32F3N5O3S. The lowest BCUT2D eigenvalue weighted by Crippen LogP contribution is -2.32. The molecular weight excluding hydrogens is 543 g/mol. The van der Waals surface area contributed by atoms with Gasteiger partial charge in [-0.15, -0.1) is 0 Å². The van der Waals surface area contributed by atoms with Crippen LogP contribution >= 0.6 is 0 Å². The van der Waals surface area contributed by atoms with Crippen LogP contribution in [-0.2, 0) is 22.7 Å². The lowest BCUT2D eigenvalue weighted by atomic mass is 9.92. The minimum atomic E-state index is -4.39. The van der Waals surface area contributed by atoms with Crippen molar-refractivity contribution in [2.45, 2.75) is 37.9 Å². The van der Waals surface area contributed by atoms with Crippen LogP contribution in [0, 0.1) is 5.92 Å². The molecule has 1 atom stereocenters. The molecule has 2 fully saturated rings. The van der Waals surface area contributed by atoms with Crippen molar-refractivity contribution in [2.24, 2.45) is 5.92 Å². The monoisotopic (exact) mass is 575 g/mol. The van der Waals surface area contributed by atoms with Gasteiger partial charge in [-0.3, -0.25) is 9.48 Å². The summed E-state index contributed by atoms with van der Waals surface area (Å²) in [6, 6.07) is 10.6. The van der Waals surface area contributed by atoms with Crippen LogP contribution in [0.1, 0.15) is 52.4 Å². The first kappa shape index (κ1) is 28.3. The van der Waals surface area contributed by atoms with Gasteiger partial charge in [0.1, 0.15) is 0 Å². The van der Waals surface area contributed by atoms with Gasteiger partial charge in [-0.05, 0) is 74.2 Å². The van der Waals surface area contributed by atoms with E-state index >= 15 is 0 Å². The molecule has 1 amide bonds. The molecule has 40 heavy (non-hydrogen) atoms. The van der Waals surface area contributed by atoms with Gasteiger partial charge >= 0.3 is 6.18 Å². The standard InChI is InChI=1S/C28H32F3N5O3S/c1-2-40(38,39)33-16-20-11-14-35(17-20)27(37)22-5-8-25-24(15-22)26(21-9-12-32-13-10-21)34-36(25)18-19-3-6-23(7-4-19)28(29,30)31/h2-8,15,20-21,32-33H,1,9-14,16-18H2. The summed E-state index contributed by atoms with van der Waals surface area (Å²) in [6.45, 7) is 6.56. The molecule has 2 aliphatic rings. The maximum absolute atomic E-state index is 13.4. The van der Waals surface area contributed by atoms with Crippen molar-refractivity contribution in [1.29, 1.82) is 0 Å². The Labute approximate surface area is 231 Å². The van der Waals surface area contributed by atoms with Gasteiger partial charge in [-0.1, -0.05) is 18.7 Å². The molecule has 214 valence electrons. The fraction of sp³-hybridized carbons (Fsp3) is 0.429. The van der Waals surface area contributed by atoms with E-state index in [1.807, 2.05) is 12.1 Å². The topological polar surface area (TPSA) is 96.3 Å². The predicted octanol–water partition coefficient (Wildman–Crippen LogP) is 4.10. The van der Waals surface area contributed by atoms with Gasteiger partial charge in [0.2, 0.25) is 10.0 Å². The number of aromatic nitrogens is 2. The number of carbonyl (C=O) groups excluding carboxylic acids is 1. The molecule has 12 heteroatoms. The second-order valence-electron chi connectivity index (χ2n) is 10.5. The van der Waals surface area contributed by atoms with Crippen molar-refractivity contribution in [1.82, 2.24) is 24.7 Å². The quantitative estimate of drug-likeness (QED) is 0.422. The molecule has 0 aliphatic carbocycles. The first-order valence-electron chi connectivity index (χ1n) is 13.3. The molecule has 1 aromatic heterocycles. The highest BCUT2D eigenvalue weighted by Crippen LogP contribution is 2.33. The van der Waals surface area contributed by atoms with E-state index < -0.39 is 21.8 Å². The number of benzene rings is 2. The average Bonchev–Trinajstić information content (AvgIpc) is 3.57. The minimum Gasteiger partial charge on any atom is -0.338 e. The van der Waals surface area contributed by atoms with Crippen molar-refractivity contribution in [3.63, 3.8) is 0 Å². The van der Waals surface area contributed by atoms with Crippen LogP contribution in [0.25, 0.3) is 10.9 Å². The van der Waals surface area contributed by atoms with Gasteiger partial charge in [0.05, 0.1) is 23.3 Å². The van der Waals surface area contributed by atoms with Crippen LogP contribution in [0.15, 0.2) is 54.5 Å². The van der Waals surface area contributed by atoms with E-state index in [0.717, 1.165) is 60.1 Å². The number of fused-ring (bicyclic) bond motifs is 1. The Hall–Kier alpha value is -3.22. The molecule has 5 rings (SSSR count). The van der Waals surface area contributed by atoms with Crippen LogP contribution in [0.4, 0.5) is 13.2 Å². The van der Waals surface area contributed by atoms with Gasteiger partial charge in [0.15, 0.2) is 0 Å². The number of nitrogens with one attached hydrogen (secondary N) is 2. The summed E-state index contributed by atoms with van der Waals surface area (Å²) < 4.78 is 66.7. The molecule has 1 unspecified atom stereocenters. The molecule has 2 saturated heterocycles. The zero-order valence-electron chi connectivity index (χ0n) is 22.0. The van der Waals surface area contributed by atoms with E-state index in [-0.39, 0.29) is 24.3 Å². The van der Waals surface area contributed by atoms with Crippen LogP contribution < -0.4 is 10.0 Å². The zero-order chi connectivity index (χ0) is 28.5. The number of piperidine rings is 1. The second kappa shape index (κ2) is 11.3. The summed E-state index contributed by atoms with van der Waals surface area (Å²) in [6.07, 6.45) is -1.89. The SMILES string of the molecule is C=CS(=O)(=O)NCC1CCN(C(=O)c2ccc3c(c2)c(C2CCNCC2)nn3Cc2ccc(C(F)(F)F)cc2)C1. The van der Waals surface area contributed by atoms with E-state index in [9.17, 15) is 26.4 Å². The summed E-state index contributed by atoms with van der Waals surface area (Å²) in [5.41, 5.74) is 2.26. The number of carbonyl (C=O) groups is 1. The molecule has 3 aromatic rings. The summed E-state index contributed by atoms with van der Waals surface area (Å²) in [4.78, 5) is 15.2. The molecule has 3 heterocycles. The van der Waals surface area contributed by atoms with Crippen LogP contribution in [0.2, 0.25) is 0 Å². The normalized spacial score (nSPS) is 18.9. The maximum atomic E-state index is 13.4. The first-order valence-corrected chi connectivity index (χ1v) is 14.9. The number of amides is 1. The van der Waals surface area contributed by atoms with Gasteiger partial charge in [0.25, 0.3) is 5.91 Å². The van der Waals surface area contributed by atoms with E-state index in [4.69, 9.17) is 5.10 Å². The Morgan fingerprint density at radius 2 is 1.85 bits per heavy atom. The van der Waals surface area contributed by atoms with Gasteiger partial charge in [-0.25, -0.2) is 13.1 Å². The first-order chi connectivity index (χ1) is 19.0. The molecule has 8 nitrogen and oxygen atoms in total. The van der Waals surface area contributed by atoms with Gasteiger partial charge < -0.3 is 10.2 Å². The van der Waals surface area contributed by atoms with Crippen molar-refractivity contribution in [3.05, 3.63) is 76.8 Å². The predicted molar refractivity (Wildman–Crippen MR) is 146 cm³/mol. The van der Waals surface area contributed by atoms with Crippen molar-refractivity contribution < 1.29 is 26.4 Å². The van der Waals surface area contributed by atoms with E-state index in [1.54, 1.807) is 15.6 Å². The Balaban J connectivity index is 1.39. The second-order valence-corrected chi connectivity index (χ2v) is 12.2. The summed E-state index contributed by atoms with van der Waals surface area (Å²) >= 11 is 0. The molecule has 2 aliphatic heterocycles. The van der Waals surface area contributed by atoms with Crippen LogP contribution in [-0.4, -0.2) is 61.7 Å². The number of rotatable bonds is 8. The summed E-state index contributed by atoms with van der Waals surface area (Å²) in [7, 11) is -3.52. The summed E-state index contributed by atoms with van der Waals surface area (Å²) in [5, 5.41) is 10.0. The maximum Gasteiger partial charge on any atom is 0.416 e. The Morgan fingerprint density at radius 3 is 2.52 bits per heavy atom. The van der Waals surface area contributed by atoms with E-state index in [1.165, 1.54) is 12.1 Å². The van der Waals surface area contributed by atoms with E-state index in [2.05, 4.69) is 16.6 Å². The Morgan fingerprint density at radius 1 is 1.12 bits per heavy atom. The molecule has 0 bridgehead atoms.